The van der Waals surface area contributed by atoms with Crippen LogP contribution in [-0.2, 0) is 4.74 Å². The first-order valence-electron chi connectivity index (χ1n) is 12.0. The van der Waals surface area contributed by atoms with E-state index in [2.05, 4.69) is 0 Å². The lowest BCUT2D eigenvalue weighted by Gasteiger charge is -2.35. The van der Waals surface area contributed by atoms with E-state index >= 15 is 0 Å². The molecule has 4 rings (SSSR count). The molecule has 33 heavy (non-hydrogen) atoms. The second kappa shape index (κ2) is 12.5. The van der Waals surface area contributed by atoms with Crippen molar-refractivity contribution in [2.75, 3.05) is 0 Å². The van der Waals surface area contributed by atoms with Gasteiger partial charge in [0.1, 0.15) is 17.4 Å². The number of hydrogen-bond acceptors (Lipinski definition) is 6. The Morgan fingerprint density at radius 3 is 2.03 bits per heavy atom. The summed E-state index contributed by atoms with van der Waals surface area (Å²) in [5.41, 5.74) is 0.136. The summed E-state index contributed by atoms with van der Waals surface area (Å²) < 4.78 is 5.44. The highest BCUT2D eigenvalue weighted by Crippen LogP contribution is 2.36. The summed E-state index contributed by atoms with van der Waals surface area (Å²) in [6.45, 7) is 5.78. The SMILES string of the molecule is CC(C)(C)OC(=O)N1C2CCCC1CC2.N#Cc1ccc(O)c(C#N)c1.OC1CCCCC1. The summed E-state index contributed by atoms with van der Waals surface area (Å²) in [6, 6.07) is 8.68. The Labute approximate surface area is 197 Å². The molecule has 0 spiro atoms. The van der Waals surface area contributed by atoms with E-state index in [4.69, 9.17) is 25.5 Å². The van der Waals surface area contributed by atoms with Gasteiger partial charge >= 0.3 is 6.09 Å². The molecular weight excluding hydrogens is 418 g/mol. The van der Waals surface area contributed by atoms with E-state index < -0.39 is 0 Å². The van der Waals surface area contributed by atoms with Crippen molar-refractivity contribution in [3.05, 3.63) is 29.3 Å². The molecule has 1 amide bonds. The van der Waals surface area contributed by atoms with Gasteiger partial charge in [0.25, 0.3) is 0 Å². The van der Waals surface area contributed by atoms with E-state index in [9.17, 15) is 4.79 Å². The number of nitrogens with zero attached hydrogens (tertiary/aromatic N) is 3. The summed E-state index contributed by atoms with van der Waals surface area (Å²) in [4.78, 5) is 14.0. The molecule has 180 valence electrons. The third-order valence-corrected chi connectivity index (χ3v) is 6.12. The zero-order valence-electron chi connectivity index (χ0n) is 20.1. The summed E-state index contributed by atoms with van der Waals surface area (Å²) in [6.07, 6.45) is 11.8. The average Bonchev–Trinajstić information content (AvgIpc) is 3.03. The second-order valence-corrected chi connectivity index (χ2v) is 9.95. The smallest absolute Gasteiger partial charge is 0.410 e. The zero-order valence-corrected chi connectivity index (χ0v) is 20.1. The quantitative estimate of drug-likeness (QED) is 0.542. The van der Waals surface area contributed by atoms with Crippen LogP contribution in [0.15, 0.2) is 18.2 Å². The molecule has 3 aliphatic rings. The lowest BCUT2D eigenvalue weighted by Crippen LogP contribution is -2.46. The molecule has 2 saturated heterocycles. The van der Waals surface area contributed by atoms with Gasteiger partial charge in [0.15, 0.2) is 0 Å². The number of aliphatic hydroxyl groups excluding tert-OH is 1. The van der Waals surface area contributed by atoms with Crippen LogP contribution in [0.3, 0.4) is 0 Å². The fourth-order valence-electron chi connectivity index (χ4n) is 4.51. The van der Waals surface area contributed by atoms with Crippen LogP contribution in [-0.4, -0.2) is 45.0 Å². The number of piperidine rings is 1. The topological polar surface area (TPSA) is 118 Å². The molecule has 2 aliphatic heterocycles. The van der Waals surface area contributed by atoms with Crippen LogP contribution in [0.4, 0.5) is 4.79 Å². The van der Waals surface area contributed by atoms with Crippen molar-refractivity contribution in [1.82, 2.24) is 4.90 Å². The number of hydrogen-bond donors (Lipinski definition) is 2. The van der Waals surface area contributed by atoms with Crippen molar-refractivity contribution >= 4 is 6.09 Å². The number of ether oxygens (including phenoxy) is 1. The number of fused-ring (bicyclic) bond motifs is 2. The van der Waals surface area contributed by atoms with Crippen molar-refractivity contribution < 1.29 is 19.7 Å². The molecule has 1 aromatic rings. The van der Waals surface area contributed by atoms with Gasteiger partial charge in [-0.2, -0.15) is 10.5 Å². The minimum atomic E-state index is -0.367. The number of aliphatic hydroxyl groups is 1. The number of benzene rings is 1. The Kier molecular flexibility index (Phi) is 10.0. The molecule has 7 nitrogen and oxygen atoms in total. The molecule has 3 fully saturated rings. The normalized spacial score (nSPS) is 21.9. The van der Waals surface area contributed by atoms with Crippen molar-refractivity contribution in [2.45, 2.75) is 109 Å². The largest absolute Gasteiger partial charge is 0.507 e. The standard InChI is InChI=1S/C12H21NO2.C8H4N2O.C6H12O/c1-12(2,3)15-11(14)13-9-5-4-6-10(13)8-7-9;9-4-6-1-2-8(11)7(3-6)5-10;7-6-4-2-1-3-5-6/h9-10H,4-8H2,1-3H3;1-3,11H;6-7H,1-5H2. The van der Waals surface area contributed by atoms with Gasteiger partial charge in [0.2, 0.25) is 0 Å². The van der Waals surface area contributed by atoms with Gasteiger partial charge in [-0.1, -0.05) is 19.3 Å². The molecule has 2 heterocycles. The number of amides is 1. The van der Waals surface area contributed by atoms with Crippen molar-refractivity contribution in [3.63, 3.8) is 0 Å². The number of nitriles is 2. The lowest BCUT2D eigenvalue weighted by atomic mass is 9.98. The number of phenolic OH excluding ortho intramolecular Hbond substituents is 1. The zero-order chi connectivity index (χ0) is 24.4. The van der Waals surface area contributed by atoms with Crippen molar-refractivity contribution in [2.24, 2.45) is 0 Å². The first kappa shape index (κ1) is 26.5. The first-order valence-corrected chi connectivity index (χ1v) is 12.0. The summed E-state index contributed by atoms with van der Waals surface area (Å²) >= 11 is 0. The third-order valence-electron chi connectivity index (χ3n) is 6.12. The Morgan fingerprint density at radius 2 is 1.58 bits per heavy atom. The molecule has 2 atom stereocenters. The maximum absolute atomic E-state index is 12.0. The van der Waals surface area contributed by atoms with Gasteiger partial charge in [0, 0.05) is 12.1 Å². The van der Waals surface area contributed by atoms with E-state index in [1.165, 1.54) is 56.7 Å². The Balaban J connectivity index is 0.000000188. The highest BCUT2D eigenvalue weighted by molar-refractivity contribution is 5.69. The monoisotopic (exact) mass is 455 g/mol. The van der Waals surface area contributed by atoms with Crippen molar-refractivity contribution in [3.8, 4) is 17.9 Å². The minimum absolute atomic E-state index is 0.0359. The summed E-state index contributed by atoms with van der Waals surface area (Å²) in [5, 5.41) is 34.7. The van der Waals surface area contributed by atoms with Crippen molar-refractivity contribution in [1.29, 1.82) is 10.5 Å². The molecule has 7 heteroatoms. The maximum Gasteiger partial charge on any atom is 0.410 e. The molecule has 1 aliphatic carbocycles. The Hall–Kier alpha value is -2.77. The molecule has 2 N–H and O–H groups in total. The van der Waals surface area contributed by atoms with Crippen LogP contribution in [0, 0.1) is 22.7 Å². The predicted molar refractivity (Wildman–Crippen MR) is 125 cm³/mol. The van der Waals surface area contributed by atoms with Crippen LogP contribution < -0.4 is 0 Å². The van der Waals surface area contributed by atoms with Gasteiger partial charge in [-0.15, -0.1) is 0 Å². The predicted octanol–water partition coefficient (Wildman–Crippen LogP) is 5.39. The molecule has 2 bridgehead atoms. The highest BCUT2D eigenvalue weighted by atomic mass is 16.6. The van der Waals surface area contributed by atoms with Gasteiger partial charge in [0.05, 0.1) is 23.3 Å². The van der Waals surface area contributed by atoms with Crippen LogP contribution >= 0.6 is 0 Å². The number of aromatic hydroxyl groups is 1. The highest BCUT2D eigenvalue weighted by Gasteiger charge is 2.41. The van der Waals surface area contributed by atoms with Gasteiger partial charge in [-0.25, -0.2) is 4.79 Å². The van der Waals surface area contributed by atoms with Gasteiger partial charge < -0.3 is 19.8 Å². The number of rotatable bonds is 0. The Bertz CT molecular complexity index is 844. The number of phenols is 1. The maximum atomic E-state index is 12.0. The number of carbonyl (C=O) groups is 1. The molecule has 0 radical (unpaired) electrons. The van der Waals surface area contributed by atoms with E-state index in [-0.39, 0.29) is 29.1 Å². The van der Waals surface area contributed by atoms with Crippen LogP contribution in [0.5, 0.6) is 5.75 Å². The summed E-state index contributed by atoms with van der Waals surface area (Å²) in [5.74, 6) is -0.0912. The molecular formula is C26H37N3O4. The third kappa shape index (κ3) is 8.59. The molecule has 1 aromatic carbocycles. The van der Waals surface area contributed by atoms with Gasteiger partial charge in [-0.3, -0.25) is 0 Å². The van der Waals surface area contributed by atoms with E-state index in [1.807, 2.05) is 31.7 Å². The molecule has 0 aromatic heterocycles. The van der Waals surface area contributed by atoms with Crippen LogP contribution in [0.1, 0.15) is 96.1 Å². The fourth-order valence-corrected chi connectivity index (χ4v) is 4.51. The molecule has 1 saturated carbocycles. The summed E-state index contributed by atoms with van der Waals surface area (Å²) in [7, 11) is 0. The molecule has 2 unspecified atom stereocenters. The van der Waals surface area contributed by atoms with E-state index in [0.29, 0.717) is 17.6 Å². The van der Waals surface area contributed by atoms with E-state index in [1.54, 1.807) is 6.07 Å². The minimum Gasteiger partial charge on any atom is -0.507 e. The average molecular weight is 456 g/mol. The van der Waals surface area contributed by atoms with Crippen LogP contribution in [0.2, 0.25) is 0 Å². The van der Waals surface area contributed by atoms with E-state index in [0.717, 1.165) is 25.7 Å². The van der Waals surface area contributed by atoms with Gasteiger partial charge in [-0.05, 0) is 83.9 Å². The lowest BCUT2D eigenvalue weighted by molar-refractivity contribution is 0.00783. The van der Waals surface area contributed by atoms with Crippen LogP contribution in [0.25, 0.3) is 0 Å². The Morgan fingerprint density at radius 1 is 0.970 bits per heavy atom. The fraction of sp³-hybridized carbons (Fsp3) is 0.654. The number of carbonyl (C=O) groups excluding carboxylic acids is 1. The first-order chi connectivity index (χ1) is 15.6. The second-order valence-electron chi connectivity index (χ2n) is 9.95.